The molecule has 0 aromatic heterocycles. The van der Waals surface area contributed by atoms with Gasteiger partial charge in [0.25, 0.3) is 0 Å². The first-order valence-corrected chi connectivity index (χ1v) is 5.43. The van der Waals surface area contributed by atoms with Crippen molar-refractivity contribution in [1.29, 1.82) is 0 Å². The van der Waals surface area contributed by atoms with Crippen LogP contribution >= 0.6 is 11.6 Å². The van der Waals surface area contributed by atoms with Gasteiger partial charge in [-0.15, -0.1) is 0 Å². The van der Waals surface area contributed by atoms with Crippen molar-refractivity contribution < 1.29 is 18.0 Å². The maximum Gasteiger partial charge on any atom is 0.416 e. The number of carbonyl (C=O) groups is 1. The minimum atomic E-state index is -4.43. The molecular formula is C11H9ClF3NO. The molecule has 0 bridgehead atoms. The van der Waals surface area contributed by atoms with E-state index in [2.05, 4.69) is 5.32 Å². The van der Waals surface area contributed by atoms with Crippen LogP contribution < -0.4 is 5.32 Å². The maximum atomic E-state index is 12.4. The van der Waals surface area contributed by atoms with Gasteiger partial charge in [0.05, 0.1) is 16.3 Å². The van der Waals surface area contributed by atoms with Crippen LogP contribution in [0.25, 0.3) is 0 Å². The average molecular weight is 264 g/mol. The monoisotopic (exact) mass is 263 g/mol. The molecule has 0 heterocycles. The molecule has 0 saturated heterocycles. The highest BCUT2D eigenvalue weighted by Gasteiger charge is 2.32. The van der Waals surface area contributed by atoms with Crippen LogP contribution in [0.2, 0.25) is 5.02 Å². The molecule has 1 saturated carbocycles. The molecule has 1 amide bonds. The van der Waals surface area contributed by atoms with Crippen LogP contribution in [-0.2, 0) is 11.0 Å². The molecule has 0 radical (unpaired) electrons. The first kappa shape index (κ1) is 12.2. The van der Waals surface area contributed by atoms with E-state index in [0.717, 1.165) is 25.0 Å². The second-order valence-electron chi connectivity index (χ2n) is 3.96. The summed E-state index contributed by atoms with van der Waals surface area (Å²) in [5.41, 5.74) is -0.608. The fourth-order valence-corrected chi connectivity index (χ4v) is 1.60. The van der Waals surface area contributed by atoms with Gasteiger partial charge in [0.1, 0.15) is 0 Å². The lowest BCUT2D eigenvalue weighted by Crippen LogP contribution is -2.14. The van der Waals surface area contributed by atoms with Crippen LogP contribution in [0.15, 0.2) is 18.2 Å². The summed E-state index contributed by atoms with van der Waals surface area (Å²) < 4.78 is 37.1. The number of hydrogen-bond acceptors (Lipinski definition) is 1. The molecule has 0 spiro atoms. The summed E-state index contributed by atoms with van der Waals surface area (Å²) in [6, 6.07) is 2.88. The van der Waals surface area contributed by atoms with Gasteiger partial charge in [0, 0.05) is 5.92 Å². The van der Waals surface area contributed by atoms with Crippen LogP contribution in [-0.4, -0.2) is 5.91 Å². The van der Waals surface area contributed by atoms with Crippen molar-refractivity contribution in [2.75, 3.05) is 5.32 Å². The van der Waals surface area contributed by atoms with E-state index < -0.39 is 11.7 Å². The Kier molecular flexibility index (Phi) is 3.03. The van der Waals surface area contributed by atoms with Gasteiger partial charge < -0.3 is 5.32 Å². The van der Waals surface area contributed by atoms with Crippen LogP contribution in [0.5, 0.6) is 0 Å². The number of carbonyl (C=O) groups excluding carboxylic acids is 1. The highest BCUT2D eigenvalue weighted by molar-refractivity contribution is 6.33. The molecule has 6 heteroatoms. The van der Waals surface area contributed by atoms with Crippen LogP contribution in [0.1, 0.15) is 18.4 Å². The first-order valence-electron chi connectivity index (χ1n) is 5.05. The lowest BCUT2D eigenvalue weighted by molar-refractivity contribution is -0.137. The smallest absolute Gasteiger partial charge is 0.325 e. The van der Waals surface area contributed by atoms with E-state index in [-0.39, 0.29) is 22.5 Å². The second kappa shape index (κ2) is 4.22. The quantitative estimate of drug-likeness (QED) is 0.866. The third-order valence-electron chi connectivity index (χ3n) is 2.50. The molecule has 1 aliphatic rings. The van der Waals surface area contributed by atoms with E-state index in [1.54, 1.807) is 0 Å². The lowest BCUT2D eigenvalue weighted by Gasteiger charge is -2.10. The largest absolute Gasteiger partial charge is 0.416 e. The zero-order chi connectivity index (χ0) is 12.6. The van der Waals surface area contributed by atoms with Crippen LogP contribution in [0.3, 0.4) is 0 Å². The molecule has 0 atom stereocenters. The molecule has 1 aromatic rings. The highest BCUT2D eigenvalue weighted by atomic mass is 35.5. The number of rotatable bonds is 2. The van der Waals surface area contributed by atoms with E-state index in [1.165, 1.54) is 6.07 Å². The zero-order valence-electron chi connectivity index (χ0n) is 8.64. The molecule has 92 valence electrons. The van der Waals surface area contributed by atoms with Gasteiger partial charge in [-0.1, -0.05) is 11.6 Å². The summed E-state index contributed by atoms with van der Waals surface area (Å²) in [5, 5.41) is 2.41. The van der Waals surface area contributed by atoms with Crippen LogP contribution in [0, 0.1) is 5.92 Å². The molecular weight excluding hydrogens is 255 g/mol. The maximum absolute atomic E-state index is 12.4. The minimum Gasteiger partial charge on any atom is -0.325 e. The first-order chi connectivity index (χ1) is 7.88. The predicted molar refractivity (Wildman–Crippen MR) is 57.8 cm³/mol. The average Bonchev–Trinajstić information content (AvgIpc) is 3.02. The van der Waals surface area contributed by atoms with Gasteiger partial charge in [0.15, 0.2) is 0 Å². The summed E-state index contributed by atoms with van der Waals surface area (Å²) in [6.45, 7) is 0. The van der Waals surface area contributed by atoms with Crippen molar-refractivity contribution in [2.45, 2.75) is 19.0 Å². The lowest BCUT2D eigenvalue weighted by atomic mass is 10.2. The molecule has 1 aromatic carbocycles. The van der Waals surface area contributed by atoms with Crippen molar-refractivity contribution in [3.05, 3.63) is 28.8 Å². The summed E-state index contributed by atoms with van der Waals surface area (Å²) in [6.07, 6.45) is -2.78. The molecule has 1 aliphatic carbocycles. The normalized spacial score (nSPS) is 15.8. The summed E-state index contributed by atoms with van der Waals surface area (Å²) in [4.78, 5) is 11.4. The van der Waals surface area contributed by atoms with Crippen molar-refractivity contribution in [2.24, 2.45) is 5.92 Å². The number of amides is 1. The number of alkyl halides is 3. The third kappa shape index (κ3) is 2.91. The molecule has 0 aliphatic heterocycles. The Hall–Kier alpha value is -1.23. The molecule has 0 unspecified atom stereocenters. The van der Waals surface area contributed by atoms with E-state index in [9.17, 15) is 18.0 Å². The molecule has 17 heavy (non-hydrogen) atoms. The molecule has 2 nitrogen and oxygen atoms in total. The van der Waals surface area contributed by atoms with Crippen molar-refractivity contribution in [3.8, 4) is 0 Å². The van der Waals surface area contributed by atoms with Gasteiger partial charge in [-0.25, -0.2) is 0 Å². The second-order valence-corrected chi connectivity index (χ2v) is 4.36. The van der Waals surface area contributed by atoms with Crippen LogP contribution in [0.4, 0.5) is 18.9 Å². The number of nitrogens with one attached hydrogen (secondary N) is 1. The van der Waals surface area contributed by atoms with E-state index in [0.29, 0.717) is 0 Å². The van der Waals surface area contributed by atoms with Crippen molar-refractivity contribution in [1.82, 2.24) is 0 Å². The SMILES string of the molecule is O=C(Nc1ccc(C(F)(F)F)cc1Cl)C1CC1. The Morgan fingerprint density at radius 3 is 2.47 bits per heavy atom. The fourth-order valence-electron chi connectivity index (χ4n) is 1.37. The number of benzene rings is 1. The Bertz CT molecular complexity index is 455. The minimum absolute atomic E-state index is 0.0200. The van der Waals surface area contributed by atoms with E-state index in [4.69, 9.17) is 11.6 Å². The summed E-state index contributed by atoms with van der Waals surface area (Å²) in [5.74, 6) is -0.208. The highest BCUT2D eigenvalue weighted by Crippen LogP contribution is 2.35. The van der Waals surface area contributed by atoms with Gasteiger partial charge in [-0.2, -0.15) is 13.2 Å². The summed E-state index contributed by atoms with van der Waals surface area (Å²) in [7, 11) is 0. The number of halogens is 4. The van der Waals surface area contributed by atoms with Gasteiger partial charge in [0.2, 0.25) is 5.91 Å². The number of hydrogen-bond donors (Lipinski definition) is 1. The van der Waals surface area contributed by atoms with Crippen molar-refractivity contribution >= 4 is 23.2 Å². The Labute approximate surface area is 101 Å². The topological polar surface area (TPSA) is 29.1 Å². The predicted octanol–water partition coefficient (Wildman–Crippen LogP) is 3.71. The number of anilines is 1. The third-order valence-corrected chi connectivity index (χ3v) is 2.82. The van der Waals surface area contributed by atoms with Crippen molar-refractivity contribution in [3.63, 3.8) is 0 Å². The van der Waals surface area contributed by atoms with Gasteiger partial charge in [-0.3, -0.25) is 4.79 Å². The molecule has 1 N–H and O–H groups in total. The van der Waals surface area contributed by atoms with E-state index in [1.807, 2.05) is 0 Å². The Morgan fingerprint density at radius 2 is 2.00 bits per heavy atom. The summed E-state index contributed by atoms with van der Waals surface area (Å²) >= 11 is 5.69. The Morgan fingerprint density at radius 1 is 1.35 bits per heavy atom. The fraction of sp³-hybridized carbons (Fsp3) is 0.364. The van der Waals surface area contributed by atoms with Gasteiger partial charge in [-0.05, 0) is 31.0 Å². The van der Waals surface area contributed by atoms with Gasteiger partial charge >= 0.3 is 6.18 Å². The molecule has 2 rings (SSSR count). The Balaban J connectivity index is 2.16. The molecule has 1 fully saturated rings. The zero-order valence-corrected chi connectivity index (χ0v) is 9.40. The van der Waals surface area contributed by atoms with E-state index >= 15 is 0 Å². The standard InChI is InChI=1S/C11H9ClF3NO/c12-8-5-7(11(13,14)15)3-4-9(8)16-10(17)6-1-2-6/h3-6H,1-2H2,(H,16,17).